The van der Waals surface area contributed by atoms with Gasteiger partial charge in [-0.25, -0.2) is 0 Å². The maximum absolute atomic E-state index is 12.0. The van der Waals surface area contributed by atoms with Crippen molar-refractivity contribution in [3.05, 3.63) is 0 Å². The van der Waals surface area contributed by atoms with Gasteiger partial charge < -0.3 is 16.3 Å². The largest absolute Gasteiger partial charge is 0.409 e. The van der Waals surface area contributed by atoms with Gasteiger partial charge in [-0.1, -0.05) is 12.1 Å². The molecule has 2 rings (SSSR count). The zero-order valence-electron chi connectivity index (χ0n) is 9.57. The number of oxime groups is 1. The Morgan fingerprint density at radius 1 is 1.56 bits per heavy atom. The highest BCUT2D eigenvalue weighted by molar-refractivity contribution is 6.07. The Hall–Kier alpha value is -1.26. The standard InChI is InChI=1S/C11H19N3O2/c1-7-4-11(5-7,9(12)14-16)10(15)13-6-8-2-3-8/h7-8,16H,2-6H2,1H3,(H2,12,14)(H,13,15). The molecule has 0 aromatic heterocycles. The quantitative estimate of drug-likeness (QED) is 0.284. The Bertz CT molecular complexity index is 317. The molecule has 0 aromatic rings. The maximum Gasteiger partial charge on any atom is 0.233 e. The van der Waals surface area contributed by atoms with Crippen LogP contribution >= 0.6 is 0 Å². The smallest absolute Gasteiger partial charge is 0.233 e. The Balaban J connectivity index is 1.98. The topological polar surface area (TPSA) is 87.7 Å². The van der Waals surface area contributed by atoms with E-state index in [1.165, 1.54) is 12.8 Å². The molecule has 0 aliphatic heterocycles. The molecule has 0 saturated heterocycles. The summed E-state index contributed by atoms with van der Waals surface area (Å²) in [6, 6.07) is 0. The number of nitrogens with two attached hydrogens (primary N) is 1. The van der Waals surface area contributed by atoms with Crippen LogP contribution in [0.1, 0.15) is 32.6 Å². The molecule has 0 atom stereocenters. The second-order valence-electron chi connectivity index (χ2n) is 5.23. The van der Waals surface area contributed by atoms with E-state index in [2.05, 4.69) is 17.4 Å². The van der Waals surface area contributed by atoms with Crippen molar-refractivity contribution in [2.24, 2.45) is 28.1 Å². The van der Waals surface area contributed by atoms with Crippen LogP contribution < -0.4 is 11.1 Å². The number of nitrogens with zero attached hydrogens (tertiary/aromatic N) is 1. The van der Waals surface area contributed by atoms with Crippen LogP contribution in [0.25, 0.3) is 0 Å². The van der Waals surface area contributed by atoms with Crippen LogP contribution in [0.2, 0.25) is 0 Å². The second-order valence-corrected chi connectivity index (χ2v) is 5.23. The first-order valence-electron chi connectivity index (χ1n) is 5.85. The zero-order valence-corrected chi connectivity index (χ0v) is 9.57. The summed E-state index contributed by atoms with van der Waals surface area (Å²) in [5.74, 6) is 1.09. The molecule has 2 aliphatic rings. The molecule has 2 saturated carbocycles. The van der Waals surface area contributed by atoms with Crippen LogP contribution in [0, 0.1) is 17.3 Å². The Morgan fingerprint density at radius 3 is 2.62 bits per heavy atom. The molecule has 5 nitrogen and oxygen atoms in total. The third kappa shape index (κ3) is 1.86. The minimum atomic E-state index is -0.747. The SMILES string of the molecule is CC1CC(C(=O)NCC2CC2)(C(N)=NO)C1. The van der Waals surface area contributed by atoms with E-state index in [1.807, 2.05) is 0 Å². The van der Waals surface area contributed by atoms with Crippen LogP contribution in [0.3, 0.4) is 0 Å². The summed E-state index contributed by atoms with van der Waals surface area (Å²) >= 11 is 0. The van der Waals surface area contributed by atoms with Crippen LogP contribution in [-0.2, 0) is 4.79 Å². The summed E-state index contributed by atoms with van der Waals surface area (Å²) in [6.07, 6.45) is 3.76. The highest BCUT2D eigenvalue weighted by Crippen LogP contribution is 2.46. The van der Waals surface area contributed by atoms with Gasteiger partial charge in [0.2, 0.25) is 5.91 Å². The van der Waals surface area contributed by atoms with Crippen molar-refractivity contribution >= 4 is 11.7 Å². The fraction of sp³-hybridized carbons (Fsp3) is 0.818. The van der Waals surface area contributed by atoms with Crippen LogP contribution in [0.4, 0.5) is 0 Å². The van der Waals surface area contributed by atoms with Gasteiger partial charge in [0.15, 0.2) is 5.84 Å². The summed E-state index contributed by atoms with van der Waals surface area (Å²) < 4.78 is 0. The van der Waals surface area contributed by atoms with Gasteiger partial charge in [-0.2, -0.15) is 0 Å². The van der Waals surface area contributed by atoms with Crippen molar-refractivity contribution in [1.29, 1.82) is 0 Å². The van der Waals surface area contributed by atoms with Crippen molar-refractivity contribution in [2.75, 3.05) is 6.54 Å². The van der Waals surface area contributed by atoms with E-state index in [-0.39, 0.29) is 11.7 Å². The molecule has 90 valence electrons. The normalized spacial score (nSPS) is 34.3. The average molecular weight is 225 g/mol. The minimum absolute atomic E-state index is 0.0545. The average Bonchev–Trinajstić information content (AvgIpc) is 3.03. The van der Waals surface area contributed by atoms with Crippen molar-refractivity contribution in [3.8, 4) is 0 Å². The van der Waals surface area contributed by atoms with E-state index >= 15 is 0 Å². The van der Waals surface area contributed by atoms with Crippen molar-refractivity contribution in [2.45, 2.75) is 32.6 Å². The van der Waals surface area contributed by atoms with Gasteiger partial charge in [0, 0.05) is 6.54 Å². The molecule has 0 spiro atoms. The van der Waals surface area contributed by atoms with Crippen molar-refractivity contribution < 1.29 is 10.0 Å². The lowest BCUT2D eigenvalue weighted by atomic mass is 9.61. The lowest BCUT2D eigenvalue weighted by molar-refractivity contribution is -0.133. The fourth-order valence-corrected chi connectivity index (χ4v) is 2.46. The van der Waals surface area contributed by atoms with Crippen LogP contribution in [0.5, 0.6) is 0 Å². The Labute approximate surface area is 95.1 Å². The van der Waals surface area contributed by atoms with E-state index in [0.717, 1.165) is 6.54 Å². The van der Waals surface area contributed by atoms with Gasteiger partial charge >= 0.3 is 0 Å². The molecule has 0 radical (unpaired) electrons. The molecule has 2 fully saturated rings. The fourth-order valence-electron chi connectivity index (χ4n) is 2.46. The predicted molar refractivity (Wildman–Crippen MR) is 60.0 cm³/mol. The summed E-state index contributed by atoms with van der Waals surface area (Å²) in [6.45, 7) is 2.80. The van der Waals surface area contributed by atoms with Gasteiger partial charge in [0.1, 0.15) is 5.41 Å². The lowest BCUT2D eigenvalue weighted by Gasteiger charge is -2.43. The molecule has 16 heavy (non-hydrogen) atoms. The number of hydrogen-bond acceptors (Lipinski definition) is 3. The highest BCUT2D eigenvalue weighted by Gasteiger charge is 2.52. The molecule has 0 bridgehead atoms. The van der Waals surface area contributed by atoms with Crippen molar-refractivity contribution in [1.82, 2.24) is 5.32 Å². The third-order valence-electron chi connectivity index (χ3n) is 3.67. The molecule has 2 aliphatic carbocycles. The number of carbonyl (C=O) groups is 1. The number of hydrogen-bond donors (Lipinski definition) is 3. The van der Waals surface area contributed by atoms with Crippen LogP contribution in [-0.4, -0.2) is 23.5 Å². The summed E-state index contributed by atoms with van der Waals surface area (Å²) in [5.41, 5.74) is 4.89. The molecule has 4 N–H and O–H groups in total. The minimum Gasteiger partial charge on any atom is -0.409 e. The molecule has 1 amide bonds. The van der Waals surface area contributed by atoms with E-state index in [0.29, 0.717) is 24.7 Å². The number of amides is 1. The van der Waals surface area contributed by atoms with E-state index in [1.54, 1.807) is 0 Å². The van der Waals surface area contributed by atoms with Crippen LogP contribution in [0.15, 0.2) is 5.16 Å². The van der Waals surface area contributed by atoms with Gasteiger partial charge in [0.05, 0.1) is 0 Å². The van der Waals surface area contributed by atoms with Gasteiger partial charge in [-0.05, 0) is 37.5 Å². The monoisotopic (exact) mass is 225 g/mol. The molecular weight excluding hydrogens is 206 g/mol. The summed E-state index contributed by atoms with van der Waals surface area (Å²) in [4.78, 5) is 12.0. The zero-order chi connectivity index (χ0) is 11.8. The summed E-state index contributed by atoms with van der Waals surface area (Å²) in [5, 5.41) is 14.7. The molecule has 0 heterocycles. The van der Waals surface area contributed by atoms with Crippen molar-refractivity contribution in [3.63, 3.8) is 0 Å². The number of amidine groups is 1. The molecule has 0 aromatic carbocycles. The number of rotatable bonds is 4. The van der Waals surface area contributed by atoms with Gasteiger partial charge in [0.25, 0.3) is 0 Å². The Morgan fingerprint density at radius 2 is 2.19 bits per heavy atom. The molecule has 5 heteroatoms. The molecular formula is C11H19N3O2. The van der Waals surface area contributed by atoms with Gasteiger partial charge in [-0.15, -0.1) is 0 Å². The highest BCUT2D eigenvalue weighted by atomic mass is 16.4. The summed E-state index contributed by atoms with van der Waals surface area (Å²) in [7, 11) is 0. The second kappa shape index (κ2) is 3.96. The van der Waals surface area contributed by atoms with E-state index in [4.69, 9.17) is 10.9 Å². The molecule has 0 unspecified atom stereocenters. The first-order valence-corrected chi connectivity index (χ1v) is 5.85. The van der Waals surface area contributed by atoms with Gasteiger partial charge in [-0.3, -0.25) is 4.79 Å². The first-order chi connectivity index (χ1) is 7.58. The first kappa shape index (κ1) is 11.2. The number of carbonyl (C=O) groups excluding carboxylic acids is 1. The van der Waals surface area contributed by atoms with E-state index in [9.17, 15) is 4.79 Å². The maximum atomic E-state index is 12.0. The predicted octanol–water partition coefficient (Wildman–Crippen LogP) is 0.675. The third-order valence-corrected chi connectivity index (χ3v) is 3.67. The van der Waals surface area contributed by atoms with E-state index < -0.39 is 5.41 Å². The lowest BCUT2D eigenvalue weighted by Crippen LogP contribution is -2.57. The Kier molecular flexibility index (Phi) is 2.78. The number of nitrogens with one attached hydrogen (secondary N) is 1.